The molecule has 208 valence electrons. The Kier molecular flexibility index (Phi) is 10.8. The second kappa shape index (κ2) is 14.5. The van der Waals surface area contributed by atoms with E-state index in [2.05, 4.69) is 6.58 Å². The molecule has 0 saturated carbocycles. The fourth-order valence-corrected chi connectivity index (χ4v) is 5.23. The second-order valence-corrected chi connectivity index (χ2v) is 11.1. The Labute approximate surface area is 231 Å². The van der Waals surface area contributed by atoms with Gasteiger partial charge >= 0.3 is 0 Å². The predicted molar refractivity (Wildman–Crippen MR) is 149 cm³/mol. The van der Waals surface area contributed by atoms with Crippen LogP contribution < -0.4 is 0 Å². The molecule has 7 nitrogen and oxygen atoms in total. The third-order valence-corrected chi connectivity index (χ3v) is 6.95. The van der Waals surface area contributed by atoms with Crippen LogP contribution in [0.25, 0.3) is 0 Å². The van der Waals surface area contributed by atoms with Gasteiger partial charge in [-0.2, -0.15) is 8.42 Å². The van der Waals surface area contributed by atoms with Gasteiger partial charge in [-0.1, -0.05) is 97.1 Å². The van der Waals surface area contributed by atoms with E-state index in [9.17, 15) is 8.42 Å². The van der Waals surface area contributed by atoms with E-state index in [1.807, 2.05) is 91.0 Å². The van der Waals surface area contributed by atoms with Gasteiger partial charge in [0.1, 0.15) is 24.4 Å². The van der Waals surface area contributed by atoms with Crippen molar-refractivity contribution in [2.24, 2.45) is 0 Å². The molecule has 39 heavy (non-hydrogen) atoms. The monoisotopic (exact) mass is 552 g/mol. The lowest BCUT2D eigenvalue weighted by Gasteiger charge is -2.45. The van der Waals surface area contributed by atoms with Crippen molar-refractivity contribution in [2.45, 2.75) is 56.8 Å². The van der Waals surface area contributed by atoms with Crippen molar-refractivity contribution in [3.63, 3.8) is 0 Å². The lowest BCUT2D eigenvalue weighted by Crippen LogP contribution is -2.61. The summed E-state index contributed by atoms with van der Waals surface area (Å²) in [6, 6.07) is 29.3. The molecule has 0 spiro atoms. The number of hydrogen-bond donors (Lipinski definition) is 0. The Balaban J connectivity index is 1.61. The molecule has 1 aliphatic rings. The highest BCUT2D eigenvalue weighted by Crippen LogP contribution is 2.32. The molecule has 0 N–H and O–H groups in total. The van der Waals surface area contributed by atoms with E-state index in [-0.39, 0.29) is 19.8 Å². The van der Waals surface area contributed by atoms with Crippen LogP contribution in [0.2, 0.25) is 0 Å². The Morgan fingerprint density at radius 3 is 1.69 bits per heavy atom. The van der Waals surface area contributed by atoms with Crippen molar-refractivity contribution < 1.29 is 31.5 Å². The molecule has 0 amide bonds. The van der Waals surface area contributed by atoms with Crippen LogP contribution in [0.4, 0.5) is 0 Å². The van der Waals surface area contributed by atoms with E-state index in [4.69, 9.17) is 23.1 Å². The van der Waals surface area contributed by atoms with Gasteiger partial charge in [0.2, 0.25) is 0 Å². The molecular formula is C31H36O7S. The van der Waals surface area contributed by atoms with Crippen LogP contribution in [0, 0.1) is 0 Å². The zero-order valence-electron chi connectivity index (χ0n) is 22.1. The normalized spacial score (nSPS) is 23.4. The van der Waals surface area contributed by atoms with Gasteiger partial charge in [-0.05, 0) is 23.1 Å². The highest BCUT2D eigenvalue weighted by atomic mass is 32.2. The average Bonchev–Trinajstić information content (AvgIpc) is 2.94. The van der Waals surface area contributed by atoms with Gasteiger partial charge in [-0.25, -0.2) is 0 Å². The van der Waals surface area contributed by atoms with E-state index in [1.54, 1.807) is 6.08 Å². The summed E-state index contributed by atoms with van der Waals surface area (Å²) in [4.78, 5) is 0. The highest BCUT2D eigenvalue weighted by Gasteiger charge is 2.49. The maximum atomic E-state index is 12.3. The summed E-state index contributed by atoms with van der Waals surface area (Å²) in [5, 5.41) is 0. The summed E-state index contributed by atoms with van der Waals surface area (Å²) in [5.74, 6) is 0. The first-order valence-electron chi connectivity index (χ1n) is 13.0. The summed E-state index contributed by atoms with van der Waals surface area (Å²) in [5.41, 5.74) is 2.95. The zero-order valence-corrected chi connectivity index (χ0v) is 22.9. The van der Waals surface area contributed by atoms with Crippen molar-refractivity contribution in [1.29, 1.82) is 0 Å². The lowest BCUT2D eigenvalue weighted by atomic mass is 9.93. The smallest absolute Gasteiger partial charge is 0.264 e. The first kappa shape index (κ1) is 29.1. The lowest BCUT2D eigenvalue weighted by molar-refractivity contribution is -0.254. The maximum Gasteiger partial charge on any atom is 0.264 e. The van der Waals surface area contributed by atoms with Crippen molar-refractivity contribution in [3.8, 4) is 0 Å². The quantitative estimate of drug-likeness (QED) is 0.204. The van der Waals surface area contributed by atoms with E-state index in [0.717, 1.165) is 22.9 Å². The van der Waals surface area contributed by atoms with Gasteiger partial charge in [-0.3, -0.25) is 4.18 Å². The molecule has 1 fully saturated rings. The van der Waals surface area contributed by atoms with Crippen LogP contribution in [0.1, 0.15) is 23.1 Å². The van der Waals surface area contributed by atoms with Crippen LogP contribution in [-0.2, 0) is 53.1 Å². The van der Waals surface area contributed by atoms with Crippen molar-refractivity contribution in [1.82, 2.24) is 0 Å². The molecule has 4 rings (SSSR count). The summed E-state index contributed by atoms with van der Waals surface area (Å²) >= 11 is 0. The highest BCUT2D eigenvalue weighted by molar-refractivity contribution is 7.86. The van der Waals surface area contributed by atoms with E-state index < -0.39 is 40.6 Å². The van der Waals surface area contributed by atoms with Crippen LogP contribution in [0.3, 0.4) is 0 Å². The zero-order chi connectivity index (χ0) is 27.5. The molecular weight excluding hydrogens is 516 g/mol. The summed E-state index contributed by atoms with van der Waals surface area (Å²) in [6.45, 7) is 4.99. The minimum absolute atomic E-state index is 0.221. The topological polar surface area (TPSA) is 80.3 Å². The first-order valence-corrected chi connectivity index (χ1v) is 14.8. The molecule has 5 atom stereocenters. The van der Waals surface area contributed by atoms with Crippen molar-refractivity contribution in [3.05, 3.63) is 120 Å². The van der Waals surface area contributed by atoms with Gasteiger partial charge in [0.25, 0.3) is 10.1 Å². The summed E-state index contributed by atoms with van der Waals surface area (Å²) in [6.07, 6.45) is -0.446. The fourth-order valence-electron chi connectivity index (χ4n) is 4.59. The summed E-state index contributed by atoms with van der Waals surface area (Å²) in [7, 11) is -3.83. The molecule has 1 saturated heterocycles. The molecule has 0 radical (unpaired) electrons. The molecule has 3 aromatic carbocycles. The summed E-state index contributed by atoms with van der Waals surface area (Å²) < 4.78 is 55.6. The van der Waals surface area contributed by atoms with Gasteiger partial charge in [0.15, 0.2) is 0 Å². The largest absolute Gasteiger partial charge is 0.374 e. The maximum absolute atomic E-state index is 12.3. The van der Waals surface area contributed by atoms with Crippen LogP contribution in [-0.4, -0.2) is 51.8 Å². The molecule has 1 aliphatic heterocycles. The third kappa shape index (κ3) is 9.10. The third-order valence-electron chi connectivity index (χ3n) is 6.38. The van der Waals surface area contributed by atoms with Crippen LogP contribution >= 0.6 is 0 Å². The van der Waals surface area contributed by atoms with Crippen LogP contribution in [0.15, 0.2) is 104 Å². The van der Waals surface area contributed by atoms with Gasteiger partial charge < -0.3 is 18.9 Å². The average molecular weight is 553 g/mol. The number of rotatable bonds is 14. The SMILES string of the molecule is C=CC[C@H]1O[C@H](COCc2ccccc2)[C@@H](OCc2ccccc2)[C@H](OCc2ccccc2)[C@H]1OS(C)(=O)=O. The van der Waals surface area contributed by atoms with Crippen LogP contribution in [0.5, 0.6) is 0 Å². The minimum Gasteiger partial charge on any atom is -0.374 e. The van der Waals surface area contributed by atoms with Crippen molar-refractivity contribution >= 4 is 10.1 Å². The Morgan fingerprint density at radius 2 is 1.21 bits per heavy atom. The Hall–Kier alpha value is -2.85. The van der Waals surface area contributed by atoms with E-state index >= 15 is 0 Å². The van der Waals surface area contributed by atoms with Gasteiger partial charge in [0.05, 0.1) is 38.8 Å². The molecule has 3 aromatic rings. The molecule has 0 aromatic heterocycles. The predicted octanol–water partition coefficient (Wildman–Crippen LogP) is 5.06. The number of hydrogen-bond acceptors (Lipinski definition) is 7. The standard InChI is InChI=1S/C31H36O7S/c1-3-13-27-30(38-39(2,32)33)31(36-22-26-18-11-6-12-19-26)29(35-21-25-16-9-5-10-17-25)28(37-27)23-34-20-24-14-7-4-8-15-24/h3-12,14-19,27-31H,1,13,20-23H2,2H3/t27-,28-,29-,30+,31+/m1/s1. The minimum atomic E-state index is -3.83. The fraction of sp³-hybridized carbons (Fsp3) is 0.355. The molecule has 1 heterocycles. The molecule has 0 aliphatic carbocycles. The second-order valence-electron chi connectivity index (χ2n) is 9.53. The van der Waals surface area contributed by atoms with Gasteiger partial charge in [-0.15, -0.1) is 6.58 Å². The van der Waals surface area contributed by atoms with E-state index in [1.165, 1.54) is 0 Å². The van der Waals surface area contributed by atoms with E-state index in [0.29, 0.717) is 13.0 Å². The molecule has 0 bridgehead atoms. The van der Waals surface area contributed by atoms with Gasteiger partial charge in [0, 0.05) is 0 Å². The number of benzene rings is 3. The molecule has 0 unspecified atom stereocenters. The number of ether oxygens (including phenoxy) is 4. The molecule has 8 heteroatoms. The Morgan fingerprint density at radius 1 is 0.718 bits per heavy atom. The first-order chi connectivity index (χ1) is 18.9. The Bertz CT molecular complexity index is 1240. The van der Waals surface area contributed by atoms with Crippen molar-refractivity contribution in [2.75, 3.05) is 12.9 Å².